The van der Waals surface area contributed by atoms with Gasteiger partial charge in [0.1, 0.15) is 5.52 Å². The van der Waals surface area contributed by atoms with Crippen molar-refractivity contribution in [1.29, 1.82) is 0 Å². The third kappa shape index (κ3) is 5.69. The number of nitrogens with zero attached hydrogens (tertiary/aromatic N) is 2. The van der Waals surface area contributed by atoms with Crippen LogP contribution in [0.4, 0.5) is 17.1 Å². The Labute approximate surface area is 314 Å². The molecule has 1 aromatic heterocycles. The highest BCUT2D eigenvalue weighted by atomic mass is 16.3. The zero-order valence-corrected chi connectivity index (χ0v) is 29.4. The average Bonchev–Trinajstić information content (AvgIpc) is 3.71. The molecule has 0 fully saturated rings. The van der Waals surface area contributed by atoms with Crippen LogP contribution in [0.5, 0.6) is 0 Å². The summed E-state index contributed by atoms with van der Waals surface area (Å²) >= 11 is 0. The summed E-state index contributed by atoms with van der Waals surface area (Å²) in [6.07, 6.45) is 0. The van der Waals surface area contributed by atoms with Crippen LogP contribution in [-0.4, -0.2) is 4.98 Å². The normalized spacial score (nSPS) is 11.3. The van der Waals surface area contributed by atoms with Crippen LogP contribution in [0.3, 0.4) is 0 Å². The monoisotopic (exact) mass is 690 g/mol. The first-order valence-electron chi connectivity index (χ1n) is 18.3. The van der Waals surface area contributed by atoms with E-state index in [4.69, 9.17) is 9.40 Å². The summed E-state index contributed by atoms with van der Waals surface area (Å²) in [5.41, 5.74) is 12.9. The molecule has 3 heteroatoms. The predicted molar refractivity (Wildman–Crippen MR) is 225 cm³/mol. The van der Waals surface area contributed by atoms with Gasteiger partial charge in [-0.15, -0.1) is 0 Å². The molecule has 0 aliphatic heterocycles. The molecule has 54 heavy (non-hydrogen) atoms. The van der Waals surface area contributed by atoms with Crippen molar-refractivity contribution in [3.8, 4) is 44.8 Å². The molecular formula is C51H34N2O. The molecule has 0 atom stereocenters. The summed E-state index contributed by atoms with van der Waals surface area (Å²) < 4.78 is 6.76. The molecule has 0 N–H and O–H groups in total. The molecular weight excluding hydrogens is 657 g/mol. The second kappa shape index (κ2) is 13.4. The third-order valence-corrected chi connectivity index (χ3v) is 10.3. The summed E-state index contributed by atoms with van der Waals surface area (Å²) in [5.74, 6) is 0.600. The molecule has 10 aromatic rings. The number of para-hydroxylation sites is 2. The van der Waals surface area contributed by atoms with Gasteiger partial charge in [0, 0.05) is 33.4 Å². The van der Waals surface area contributed by atoms with E-state index in [1.54, 1.807) is 0 Å². The first kappa shape index (κ1) is 31.5. The van der Waals surface area contributed by atoms with E-state index in [0.717, 1.165) is 60.8 Å². The number of oxazole rings is 1. The number of hydrogen-bond acceptors (Lipinski definition) is 3. The van der Waals surface area contributed by atoms with Crippen LogP contribution in [0.2, 0.25) is 0 Å². The van der Waals surface area contributed by atoms with E-state index in [1.807, 2.05) is 12.1 Å². The lowest BCUT2D eigenvalue weighted by Crippen LogP contribution is -2.09. The highest BCUT2D eigenvalue weighted by Crippen LogP contribution is 2.42. The largest absolute Gasteiger partial charge is 0.435 e. The lowest BCUT2D eigenvalue weighted by Gasteiger charge is -2.25. The van der Waals surface area contributed by atoms with Crippen LogP contribution in [0.15, 0.2) is 211 Å². The first-order chi connectivity index (χ1) is 26.8. The van der Waals surface area contributed by atoms with E-state index in [2.05, 4.69) is 199 Å². The fourth-order valence-corrected chi connectivity index (χ4v) is 7.60. The fraction of sp³-hybridized carbons (Fsp3) is 0. The zero-order chi connectivity index (χ0) is 35.8. The Bertz CT molecular complexity index is 2860. The smallest absolute Gasteiger partial charge is 0.227 e. The molecule has 0 saturated carbocycles. The van der Waals surface area contributed by atoms with E-state index >= 15 is 0 Å². The molecule has 0 aliphatic carbocycles. The zero-order valence-electron chi connectivity index (χ0n) is 29.4. The lowest BCUT2D eigenvalue weighted by molar-refractivity contribution is 0.623. The Kier molecular flexibility index (Phi) is 7.81. The molecule has 0 amide bonds. The summed E-state index contributed by atoms with van der Waals surface area (Å²) in [7, 11) is 0. The molecule has 0 unspecified atom stereocenters. The molecule has 0 aliphatic rings. The number of rotatable bonds is 7. The van der Waals surface area contributed by atoms with Gasteiger partial charge in [-0.25, -0.2) is 4.98 Å². The molecule has 0 radical (unpaired) electrons. The van der Waals surface area contributed by atoms with Crippen molar-refractivity contribution in [1.82, 2.24) is 4.98 Å². The van der Waals surface area contributed by atoms with Gasteiger partial charge >= 0.3 is 0 Å². The Morgan fingerprint density at radius 1 is 0.315 bits per heavy atom. The third-order valence-electron chi connectivity index (χ3n) is 10.3. The van der Waals surface area contributed by atoms with Crippen molar-refractivity contribution in [2.45, 2.75) is 0 Å². The first-order valence-corrected chi connectivity index (χ1v) is 18.3. The summed E-state index contributed by atoms with van der Waals surface area (Å²) in [4.78, 5) is 7.46. The van der Waals surface area contributed by atoms with Gasteiger partial charge in [0.05, 0.1) is 0 Å². The van der Waals surface area contributed by atoms with E-state index in [-0.39, 0.29) is 0 Å². The van der Waals surface area contributed by atoms with E-state index in [1.165, 1.54) is 27.8 Å². The van der Waals surface area contributed by atoms with E-state index in [0.29, 0.717) is 5.89 Å². The van der Waals surface area contributed by atoms with E-state index in [9.17, 15) is 0 Å². The summed E-state index contributed by atoms with van der Waals surface area (Å²) in [6, 6.07) is 72.7. The van der Waals surface area contributed by atoms with Gasteiger partial charge in [-0.05, 0) is 117 Å². The highest BCUT2D eigenvalue weighted by Gasteiger charge is 2.19. The Morgan fingerprint density at radius 3 is 1.33 bits per heavy atom. The van der Waals surface area contributed by atoms with Gasteiger partial charge in [0.2, 0.25) is 5.89 Å². The second-order valence-electron chi connectivity index (χ2n) is 13.6. The maximum absolute atomic E-state index is 6.76. The Morgan fingerprint density at radius 2 is 0.741 bits per heavy atom. The average molecular weight is 691 g/mol. The number of fused-ring (bicyclic) bond motifs is 6. The van der Waals surface area contributed by atoms with Gasteiger partial charge in [0.15, 0.2) is 5.58 Å². The van der Waals surface area contributed by atoms with Gasteiger partial charge in [-0.2, -0.15) is 0 Å². The van der Waals surface area contributed by atoms with Crippen LogP contribution < -0.4 is 4.90 Å². The summed E-state index contributed by atoms with van der Waals surface area (Å²) in [5, 5.41) is 4.40. The van der Waals surface area contributed by atoms with Crippen LogP contribution in [0.1, 0.15) is 0 Å². The molecule has 0 spiro atoms. The molecule has 9 aromatic carbocycles. The van der Waals surface area contributed by atoms with Crippen LogP contribution in [0, 0.1) is 0 Å². The number of benzene rings is 9. The minimum Gasteiger partial charge on any atom is -0.435 e. The van der Waals surface area contributed by atoms with E-state index < -0.39 is 0 Å². The number of hydrogen-bond donors (Lipinski definition) is 0. The van der Waals surface area contributed by atoms with Crippen molar-refractivity contribution in [3.63, 3.8) is 0 Å². The number of aromatic nitrogens is 1. The molecule has 0 saturated heterocycles. The Hall–Kier alpha value is -7.23. The lowest BCUT2D eigenvalue weighted by atomic mass is 9.93. The topological polar surface area (TPSA) is 29.3 Å². The molecule has 0 bridgehead atoms. The van der Waals surface area contributed by atoms with Crippen molar-refractivity contribution >= 4 is 49.7 Å². The summed E-state index contributed by atoms with van der Waals surface area (Å²) in [6.45, 7) is 0. The van der Waals surface area contributed by atoms with Crippen LogP contribution >= 0.6 is 0 Å². The number of anilines is 3. The molecule has 254 valence electrons. The quantitative estimate of drug-likeness (QED) is 0.156. The molecule has 3 nitrogen and oxygen atoms in total. The van der Waals surface area contributed by atoms with Crippen molar-refractivity contribution < 1.29 is 4.42 Å². The van der Waals surface area contributed by atoms with Crippen molar-refractivity contribution in [3.05, 3.63) is 206 Å². The highest BCUT2D eigenvalue weighted by molar-refractivity contribution is 6.24. The fourth-order valence-electron chi connectivity index (χ4n) is 7.60. The SMILES string of the molecule is c1ccc(-c2cccc(-c3ccc4c(c3)c3cc(-c5ccccc5)ccc3c3nc(-c5ccc(N(c6ccccc6)c6ccccc6)cc5)oc43)c2)cc1. The van der Waals surface area contributed by atoms with Crippen LogP contribution in [0.25, 0.3) is 77.5 Å². The van der Waals surface area contributed by atoms with Crippen LogP contribution in [-0.2, 0) is 0 Å². The maximum atomic E-state index is 6.76. The van der Waals surface area contributed by atoms with Gasteiger partial charge in [0.25, 0.3) is 0 Å². The second-order valence-corrected chi connectivity index (χ2v) is 13.6. The van der Waals surface area contributed by atoms with Gasteiger partial charge in [-0.3, -0.25) is 0 Å². The predicted octanol–water partition coefficient (Wildman–Crippen LogP) is 14.3. The van der Waals surface area contributed by atoms with Gasteiger partial charge < -0.3 is 9.32 Å². The van der Waals surface area contributed by atoms with Crippen molar-refractivity contribution in [2.24, 2.45) is 0 Å². The standard InChI is InChI=1S/C51H34N2O/c1-5-14-35(15-6-1)38-18-13-19-39(32-38)41-27-31-46-48(34-41)47-33-40(36-16-7-2-8-17-36)26-30-45(47)49-50(46)54-51(52-49)37-24-28-44(29-25-37)53(42-20-9-3-10-21-42)43-22-11-4-12-23-43/h1-34H. The van der Waals surface area contributed by atoms with Gasteiger partial charge in [-0.1, -0.05) is 133 Å². The Balaban J connectivity index is 1.12. The maximum Gasteiger partial charge on any atom is 0.227 e. The van der Waals surface area contributed by atoms with Crippen molar-refractivity contribution in [2.75, 3.05) is 4.90 Å². The minimum atomic E-state index is 0.600. The molecule has 1 heterocycles. The molecule has 10 rings (SSSR count). The minimum absolute atomic E-state index is 0.600.